The summed E-state index contributed by atoms with van der Waals surface area (Å²) in [6.45, 7) is 3.55. The van der Waals surface area contributed by atoms with E-state index in [0.717, 1.165) is 44.0 Å². The second-order valence-electron chi connectivity index (χ2n) is 7.57. The van der Waals surface area contributed by atoms with Crippen molar-refractivity contribution in [2.24, 2.45) is 5.92 Å². The zero-order chi connectivity index (χ0) is 16.7. The van der Waals surface area contributed by atoms with Crippen molar-refractivity contribution < 1.29 is 14.3 Å². The van der Waals surface area contributed by atoms with Gasteiger partial charge in [0.15, 0.2) is 6.10 Å². The number of rotatable bonds is 3. The quantitative estimate of drug-likeness (QED) is 0.843. The SMILES string of the molecule is COC[C@H]1CCN(C)C2(C1)CN(C(=O)[C@@H]1Cc3ccccc3O1)C2. The van der Waals surface area contributed by atoms with Gasteiger partial charge in [0.1, 0.15) is 5.75 Å². The number of fused-ring (bicyclic) bond motifs is 1. The van der Waals surface area contributed by atoms with Crippen molar-refractivity contribution in [2.75, 3.05) is 40.4 Å². The molecule has 0 aliphatic carbocycles. The van der Waals surface area contributed by atoms with E-state index in [-0.39, 0.29) is 17.6 Å². The van der Waals surface area contributed by atoms with Crippen LogP contribution in [0, 0.1) is 5.92 Å². The molecule has 5 heteroatoms. The van der Waals surface area contributed by atoms with E-state index in [1.807, 2.05) is 29.2 Å². The minimum absolute atomic E-state index is 0.138. The van der Waals surface area contributed by atoms with Crippen LogP contribution in [0.5, 0.6) is 5.75 Å². The Kier molecular flexibility index (Phi) is 4.01. The average molecular weight is 330 g/mol. The fourth-order valence-electron chi connectivity index (χ4n) is 4.50. The Hall–Kier alpha value is -1.59. The Labute approximate surface area is 143 Å². The van der Waals surface area contributed by atoms with Crippen molar-refractivity contribution in [1.82, 2.24) is 9.80 Å². The van der Waals surface area contributed by atoms with Gasteiger partial charge in [-0.15, -0.1) is 0 Å². The second-order valence-corrected chi connectivity index (χ2v) is 7.57. The van der Waals surface area contributed by atoms with E-state index < -0.39 is 0 Å². The molecule has 0 aromatic heterocycles. The largest absolute Gasteiger partial charge is 0.480 e. The van der Waals surface area contributed by atoms with Gasteiger partial charge in [-0.2, -0.15) is 0 Å². The molecule has 1 aromatic rings. The normalized spacial score (nSPS) is 28.3. The minimum Gasteiger partial charge on any atom is -0.480 e. The molecule has 0 saturated carbocycles. The van der Waals surface area contributed by atoms with Crippen molar-refractivity contribution in [1.29, 1.82) is 0 Å². The lowest BCUT2D eigenvalue weighted by atomic mass is 9.75. The first kappa shape index (κ1) is 15.9. The van der Waals surface area contributed by atoms with Gasteiger partial charge in [-0.25, -0.2) is 0 Å². The summed E-state index contributed by atoms with van der Waals surface area (Å²) in [4.78, 5) is 17.2. The summed E-state index contributed by atoms with van der Waals surface area (Å²) in [5.41, 5.74) is 1.28. The summed E-state index contributed by atoms with van der Waals surface area (Å²) in [5.74, 6) is 1.61. The number of hydrogen-bond acceptors (Lipinski definition) is 4. The number of amides is 1. The number of nitrogens with zero attached hydrogens (tertiary/aromatic N) is 2. The fourth-order valence-corrected chi connectivity index (χ4v) is 4.50. The molecule has 3 aliphatic heterocycles. The van der Waals surface area contributed by atoms with Crippen LogP contribution >= 0.6 is 0 Å². The lowest BCUT2D eigenvalue weighted by molar-refractivity contribution is -0.157. The number of para-hydroxylation sites is 1. The minimum atomic E-state index is -0.344. The first-order valence-corrected chi connectivity index (χ1v) is 8.85. The number of likely N-dealkylation sites (tertiary alicyclic amines) is 2. The van der Waals surface area contributed by atoms with Crippen LogP contribution in [0.4, 0.5) is 0 Å². The van der Waals surface area contributed by atoms with Crippen LogP contribution in [0.1, 0.15) is 18.4 Å². The Bertz CT molecular complexity index is 602. The van der Waals surface area contributed by atoms with Gasteiger partial charge in [-0.3, -0.25) is 9.69 Å². The number of methoxy groups -OCH3 is 1. The summed E-state index contributed by atoms with van der Waals surface area (Å²) < 4.78 is 11.2. The van der Waals surface area contributed by atoms with Gasteiger partial charge in [-0.05, 0) is 44.0 Å². The molecular weight excluding hydrogens is 304 g/mol. The molecule has 130 valence electrons. The topological polar surface area (TPSA) is 42.0 Å². The van der Waals surface area contributed by atoms with Crippen LogP contribution < -0.4 is 4.74 Å². The smallest absolute Gasteiger partial charge is 0.264 e. The van der Waals surface area contributed by atoms with Gasteiger partial charge in [0.25, 0.3) is 5.91 Å². The van der Waals surface area contributed by atoms with Gasteiger partial charge in [-0.1, -0.05) is 18.2 Å². The second kappa shape index (κ2) is 6.05. The van der Waals surface area contributed by atoms with E-state index in [9.17, 15) is 4.79 Å². The molecule has 1 aromatic carbocycles. The predicted octanol–water partition coefficient (Wildman–Crippen LogP) is 1.56. The first-order valence-electron chi connectivity index (χ1n) is 8.85. The molecule has 0 bridgehead atoms. The maximum Gasteiger partial charge on any atom is 0.264 e. The summed E-state index contributed by atoms with van der Waals surface area (Å²) in [7, 11) is 3.96. The van der Waals surface area contributed by atoms with Crippen molar-refractivity contribution in [2.45, 2.75) is 30.9 Å². The third-order valence-corrected chi connectivity index (χ3v) is 5.96. The molecule has 2 saturated heterocycles. The predicted molar refractivity (Wildman–Crippen MR) is 91.1 cm³/mol. The van der Waals surface area contributed by atoms with E-state index in [0.29, 0.717) is 12.3 Å². The molecule has 0 N–H and O–H groups in total. The van der Waals surface area contributed by atoms with E-state index in [4.69, 9.17) is 9.47 Å². The van der Waals surface area contributed by atoms with Crippen LogP contribution in [0.3, 0.4) is 0 Å². The Morgan fingerprint density at radius 2 is 2.17 bits per heavy atom. The summed E-state index contributed by atoms with van der Waals surface area (Å²) in [6.07, 6.45) is 2.65. The van der Waals surface area contributed by atoms with Crippen LogP contribution in [-0.4, -0.2) is 67.7 Å². The molecule has 3 heterocycles. The summed E-state index contributed by atoms with van der Waals surface area (Å²) in [6, 6.07) is 7.95. The van der Waals surface area contributed by atoms with Crippen molar-refractivity contribution >= 4 is 5.91 Å². The molecule has 1 spiro atoms. The molecule has 0 radical (unpaired) electrons. The molecule has 3 aliphatic rings. The maximum absolute atomic E-state index is 12.8. The highest BCUT2D eigenvalue weighted by atomic mass is 16.5. The number of carbonyl (C=O) groups is 1. The average Bonchev–Trinajstić information content (AvgIpc) is 2.98. The number of likely N-dealkylation sites (N-methyl/N-ethyl adjacent to an activating group) is 1. The Balaban J connectivity index is 1.38. The van der Waals surface area contributed by atoms with Gasteiger partial charge in [0, 0.05) is 33.2 Å². The molecule has 1 amide bonds. The Morgan fingerprint density at radius 3 is 2.92 bits per heavy atom. The third-order valence-electron chi connectivity index (χ3n) is 5.96. The van der Waals surface area contributed by atoms with Gasteiger partial charge >= 0.3 is 0 Å². The summed E-state index contributed by atoms with van der Waals surface area (Å²) >= 11 is 0. The van der Waals surface area contributed by atoms with Gasteiger partial charge in [0.2, 0.25) is 0 Å². The van der Waals surface area contributed by atoms with E-state index in [1.54, 1.807) is 7.11 Å². The van der Waals surface area contributed by atoms with E-state index >= 15 is 0 Å². The van der Waals surface area contributed by atoms with Crippen LogP contribution in [-0.2, 0) is 16.0 Å². The zero-order valence-corrected chi connectivity index (χ0v) is 14.5. The Morgan fingerprint density at radius 1 is 1.38 bits per heavy atom. The molecule has 5 nitrogen and oxygen atoms in total. The van der Waals surface area contributed by atoms with Crippen LogP contribution in [0.25, 0.3) is 0 Å². The highest BCUT2D eigenvalue weighted by Crippen LogP contribution is 2.39. The molecule has 2 atom stereocenters. The number of carbonyl (C=O) groups excluding carboxylic acids is 1. The molecule has 0 unspecified atom stereocenters. The monoisotopic (exact) mass is 330 g/mol. The molecule has 4 rings (SSSR count). The highest BCUT2D eigenvalue weighted by Gasteiger charge is 2.52. The number of benzene rings is 1. The van der Waals surface area contributed by atoms with E-state index in [1.165, 1.54) is 6.42 Å². The fraction of sp³-hybridized carbons (Fsp3) is 0.632. The summed E-state index contributed by atoms with van der Waals surface area (Å²) in [5, 5.41) is 0. The standard InChI is InChI=1S/C19H26N2O3/c1-20-8-7-14(11-23-2)10-19(20)12-21(13-19)18(22)17-9-15-5-3-4-6-16(15)24-17/h3-6,14,17H,7-13H2,1-2H3/t14-,17-/m0/s1. The number of hydrogen-bond donors (Lipinski definition) is 0. The zero-order valence-electron chi connectivity index (χ0n) is 14.5. The van der Waals surface area contributed by atoms with Crippen molar-refractivity contribution in [3.63, 3.8) is 0 Å². The van der Waals surface area contributed by atoms with Crippen LogP contribution in [0.15, 0.2) is 24.3 Å². The van der Waals surface area contributed by atoms with Crippen molar-refractivity contribution in [3.05, 3.63) is 29.8 Å². The van der Waals surface area contributed by atoms with Crippen molar-refractivity contribution in [3.8, 4) is 5.75 Å². The number of piperidine rings is 1. The maximum atomic E-state index is 12.8. The lowest BCUT2D eigenvalue weighted by Gasteiger charge is -2.58. The third kappa shape index (κ3) is 2.60. The lowest BCUT2D eigenvalue weighted by Crippen LogP contribution is -2.73. The van der Waals surface area contributed by atoms with Gasteiger partial charge in [0.05, 0.1) is 5.54 Å². The molecule has 2 fully saturated rings. The highest BCUT2D eigenvalue weighted by molar-refractivity contribution is 5.83. The van der Waals surface area contributed by atoms with Gasteiger partial charge < -0.3 is 14.4 Å². The van der Waals surface area contributed by atoms with E-state index in [2.05, 4.69) is 11.9 Å². The molecular formula is C19H26N2O3. The van der Waals surface area contributed by atoms with Crippen LogP contribution in [0.2, 0.25) is 0 Å². The first-order chi connectivity index (χ1) is 11.6. The molecule has 24 heavy (non-hydrogen) atoms. The number of ether oxygens (including phenoxy) is 2.